The van der Waals surface area contributed by atoms with Crippen LogP contribution < -0.4 is 5.73 Å². The number of benzene rings is 1. The van der Waals surface area contributed by atoms with Crippen LogP contribution in [0.15, 0.2) is 30.3 Å². The van der Waals surface area contributed by atoms with E-state index in [2.05, 4.69) is 4.74 Å². The van der Waals surface area contributed by atoms with Gasteiger partial charge in [-0.3, -0.25) is 0 Å². The fraction of sp³-hybridized carbons (Fsp3) is 0.500. The second-order valence-electron chi connectivity index (χ2n) is 4.29. The average Bonchev–Trinajstić information content (AvgIpc) is 2.26. The normalized spacial score (nSPS) is 16.2. The lowest BCUT2D eigenvalue weighted by Crippen LogP contribution is -2.47. The smallest absolute Gasteiger partial charge is 0.351 e. The number of hydrogen-bond donors (Lipinski definition) is 1. The maximum absolute atomic E-state index is 12.5. The van der Waals surface area contributed by atoms with Crippen LogP contribution in [0.1, 0.15) is 18.6 Å². The molecule has 0 saturated heterocycles. The van der Waals surface area contributed by atoms with Crippen LogP contribution in [0.3, 0.4) is 0 Å². The summed E-state index contributed by atoms with van der Waals surface area (Å²) in [6.07, 6.45) is -16.5. The van der Waals surface area contributed by atoms with Crippen molar-refractivity contribution in [3.8, 4) is 0 Å². The molecule has 1 aromatic carbocycles. The molecule has 2 nitrogen and oxygen atoms in total. The Kier molecular flexibility index (Phi) is 5.04. The van der Waals surface area contributed by atoms with Crippen molar-refractivity contribution in [3.05, 3.63) is 35.9 Å². The Labute approximate surface area is 111 Å². The molecule has 2 N–H and O–H groups in total. The Hall–Kier alpha value is -1.28. The minimum Gasteiger partial charge on any atom is -0.351 e. The van der Waals surface area contributed by atoms with Gasteiger partial charge in [-0.25, -0.2) is 0 Å². The molecule has 0 bridgehead atoms. The van der Waals surface area contributed by atoms with Gasteiger partial charge in [0, 0.05) is 6.04 Å². The molecule has 2 atom stereocenters. The lowest BCUT2D eigenvalue weighted by Gasteiger charge is -2.30. The molecule has 1 aromatic rings. The summed E-state index contributed by atoms with van der Waals surface area (Å²) in [5.41, 5.74) is 5.60. The van der Waals surface area contributed by atoms with Crippen molar-refractivity contribution in [2.45, 2.75) is 37.5 Å². The summed E-state index contributed by atoms with van der Waals surface area (Å²) in [5, 5.41) is 0. The van der Waals surface area contributed by atoms with Crippen molar-refractivity contribution in [2.24, 2.45) is 5.73 Å². The Morgan fingerprint density at radius 3 is 1.75 bits per heavy atom. The monoisotopic (exact) mass is 301 g/mol. The van der Waals surface area contributed by atoms with Crippen molar-refractivity contribution < 1.29 is 31.1 Å². The minimum absolute atomic E-state index is 0.154. The molecular formula is C12H13F6NO. The van der Waals surface area contributed by atoms with Gasteiger partial charge in [0.2, 0.25) is 6.10 Å². The predicted octanol–water partition coefficient (Wildman–Crippen LogP) is 3.58. The predicted molar refractivity (Wildman–Crippen MR) is 59.8 cm³/mol. The van der Waals surface area contributed by atoms with Crippen molar-refractivity contribution >= 4 is 0 Å². The third-order valence-corrected chi connectivity index (χ3v) is 2.48. The molecule has 0 aliphatic rings. The molecule has 0 saturated carbocycles. The number of nitrogens with two attached hydrogens (primary N) is 1. The van der Waals surface area contributed by atoms with Crippen LogP contribution in [-0.2, 0) is 4.74 Å². The first-order chi connectivity index (χ1) is 9.03. The summed E-state index contributed by atoms with van der Waals surface area (Å²) in [4.78, 5) is 0. The highest BCUT2D eigenvalue weighted by Gasteiger charge is 2.59. The Balaban J connectivity index is 3.05. The lowest BCUT2D eigenvalue weighted by molar-refractivity contribution is -0.333. The largest absolute Gasteiger partial charge is 0.423 e. The van der Waals surface area contributed by atoms with Gasteiger partial charge in [0.1, 0.15) is 0 Å². The van der Waals surface area contributed by atoms with Crippen LogP contribution in [0.5, 0.6) is 0 Å². The van der Waals surface area contributed by atoms with Crippen LogP contribution >= 0.6 is 0 Å². The van der Waals surface area contributed by atoms with Gasteiger partial charge in [0.05, 0.1) is 6.10 Å². The summed E-state index contributed by atoms with van der Waals surface area (Å²) < 4.78 is 79.1. The van der Waals surface area contributed by atoms with Crippen molar-refractivity contribution in [1.82, 2.24) is 0 Å². The van der Waals surface area contributed by atoms with E-state index < -0.39 is 30.6 Å². The molecule has 1 rings (SSSR count). The molecular weight excluding hydrogens is 288 g/mol. The number of halogens is 6. The number of alkyl halides is 6. The number of ether oxygens (including phenoxy) is 1. The molecule has 0 aliphatic carbocycles. The molecule has 0 aliphatic heterocycles. The van der Waals surface area contributed by atoms with E-state index in [0.29, 0.717) is 0 Å². The van der Waals surface area contributed by atoms with Gasteiger partial charge >= 0.3 is 12.4 Å². The first kappa shape index (κ1) is 16.8. The molecule has 2 unspecified atom stereocenters. The van der Waals surface area contributed by atoms with E-state index in [1.807, 2.05) is 0 Å². The zero-order valence-electron chi connectivity index (χ0n) is 10.4. The third-order valence-electron chi connectivity index (χ3n) is 2.48. The molecule has 20 heavy (non-hydrogen) atoms. The van der Waals surface area contributed by atoms with Gasteiger partial charge < -0.3 is 10.5 Å². The Morgan fingerprint density at radius 2 is 1.40 bits per heavy atom. The standard InChI is InChI=1S/C12H13F6NO/c1-7(19)9(8-5-3-2-4-6-8)20-10(11(13,14)15)12(16,17)18/h2-7,9-10H,19H2,1H3. The highest BCUT2D eigenvalue weighted by Crippen LogP contribution is 2.39. The summed E-state index contributed by atoms with van der Waals surface area (Å²) in [5.74, 6) is 0. The van der Waals surface area contributed by atoms with Gasteiger partial charge in [-0.05, 0) is 12.5 Å². The van der Waals surface area contributed by atoms with E-state index in [4.69, 9.17) is 5.73 Å². The van der Waals surface area contributed by atoms with E-state index in [9.17, 15) is 26.3 Å². The van der Waals surface area contributed by atoms with E-state index in [1.165, 1.54) is 31.2 Å². The molecule has 114 valence electrons. The minimum atomic E-state index is -5.56. The van der Waals surface area contributed by atoms with Gasteiger partial charge in [-0.1, -0.05) is 30.3 Å². The van der Waals surface area contributed by atoms with Gasteiger partial charge in [0.15, 0.2) is 0 Å². The number of rotatable bonds is 4. The molecule has 8 heteroatoms. The number of hydrogen-bond acceptors (Lipinski definition) is 2. The van der Waals surface area contributed by atoms with Crippen molar-refractivity contribution in [3.63, 3.8) is 0 Å². The Morgan fingerprint density at radius 1 is 0.950 bits per heavy atom. The van der Waals surface area contributed by atoms with Crippen LogP contribution in [0.4, 0.5) is 26.3 Å². The van der Waals surface area contributed by atoms with Gasteiger partial charge in [-0.15, -0.1) is 0 Å². The quantitative estimate of drug-likeness (QED) is 0.863. The van der Waals surface area contributed by atoms with Crippen LogP contribution in [0.25, 0.3) is 0 Å². The highest BCUT2D eigenvalue weighted by atomic mass is 19.4. The van der Waals surface area contributed by atoms with Gasteiger partial charge in [0.25, 0.3) is 0 Å². The van der Waals surface area contributed by atoms with Crippen LogP contribution in [0.2, 0.25) is 0 Å². The van der Waals surface area contributed by atoms with E-state index in [-0.39, 0.29) is 5.56 Å². The molecule has 0 amide bonds. The van der Waals surface area contributed by atoms with Gasteiger partial charge in [-0.2, -0.15) is 26.3 Å². The maximum Gasteiger partial charge on any atom is 0.423 e. The maximum atomic E-state index is 12.5. The Bertz CT molecular complexity index is 400. The van der Waals surface area contributed by atoms with Crippen molar-refractivity contribution in [2.75, 3.05) is 0 Å². The second-order valence-corrected chi connectivity index (χ2v) is 4.29. The molecule has 0 fully saturated rings. The molecule has 0 aromatic heterocycles. The molecule has 0 heterocycles. The van der Waals surface area contributed by atoms with Crippen molar-refractivity contribution in [1.29, 1.82) is 0 Å². The SMILES string of the molecule is CC(N)C(OC(C(F)(F)F)C(F)(F)F)c1ccccc1. The fourth-order valence-corrected chi connectivity index (χ4v) is 1.64. The summed E-state index contributed by atoms with van der Waals surface area (Å²) in [7, 11) is 0. The topological polar surface area (TPSA) is 35.2 Å². The van der Waals surface area contributed by atoms with E-state index in [1.54, 1.807) is 6.07 Å². The van der Waals surface area contributed by atoms with E-state index in [0.717, 1.165) is 0 Å². The lowest BCUT2D eigenvalue weighted by atomic mass is 10.0. The fourth-order valence-electron chi connectivity index (χ4n) is 1.64. The zero-order valence-corrected chi connectivity index (χ0v) is 10.4. The second kappa shape index (κ2) is 6.01. The molecule has 0 spiro atoms. The first-order valence-electron chi connectivity index (χ1n) is 5.63. The first-order valence-corrected chi connectivity index (χ1v) is 5.63. The molecule has 0 radical (unpaired) electrons. The summed E-state index contributed by atoms with van der Waals surface area (Å²) >= 11 is 0. The third kappa shape index (κ3) is 4.38. The van der Waals surface area contributed by atoms with E-state index >= 15 is 0 Å². The summed E-state index contributed by atoms with van der Waals surface area (Å²) in [6, 6.07) is 6.21. The average molecular weight is 301 g/mol. The van der Waals surface area contributed by atoms with Crippen LogP contribution in [0, 0.1) is 0 Å². The summed E-state index contributed by atoms with van der Waals surface area (Å²) in [6.45, 7) is 1.28. The zero-order chi connectivity index (χ0) is 15.6. The van der Waals surface area contributed by atoms with Crippen LogP contribution in [-0.4, -0.2) is 24.5 Å². The highest BCUT2D eigenvalue weighted by molar-refractivity contribution is 5.19.